The van der Waals surface area contributed by atoms with Crippen molar-refractivity contribution in [2.24, 2.45) is 5.92 Å². The number of ether oxygens (including phenoxy) is 2. The van der Waals surface area contributed by atoms with Gasteiger partial charge >= 0.3 is 0 Å². The third-order valence-corrected chi connectivity index (χ3v) is 10.8. The maximum atomic E-state index is 14.8. The molecule has 3 heterocycles. The Kier molecular flexibility index (Phi) is 7.90. The molecule has 0 spiro atoms. The number of hydrogen-bond donors (Lipinski definition) is 0. The van der Waals surface area contributed by atoms with Gasteiger partial charge in [0, 0.05) is 26.3 Å². The molecule has 2 fully saturated rings. The van der Waals surface area contributed by atoms with Crippen LogP contribution in [-0.2, 0) is 32.0 Å². The van der Waals surface area contributed by atoms with Crippen molar-refractivity contribution in [2.45, 2.75) is 42.0 Å². The molecule has 3 aliphatic rings. The Labute approximate surface area is 263 Å². The van der Waals surface area contributed by atoms with Gasteiger partial charge in [0.05, 0.1) is 18.0 Å². The fourth-order valence-corrected chi connectivity index (χ4v) is 8.55. The van der Waals surface area contributed by atoms with E-state index in [4.69, 9.17) is 9.47 Å². The van der Waals surface area contributed by atoms with Crippen LogP contribution in [0.2, 0.25) is 0 Å². The maximum absolute atomic E-state index is 14.8. The summed E-state index contributed by atoms with van der Waals surface area (Å²) in [5.41, 5.74) is 2.13. The van der Waals surface area contributed by atoms with E-state index in [1.165, 1.54) is 16.8 Å². The van der Waals surface area contributed by atoms with Crippen LogP contribution < -0.4 is 9.47 Å². The summed E-state index contributed by atoms with van der Waals surface area (Å²) in [5, 5.41) is 9.78. The molecule has 9 nitrogen and oxygen atoms in total. The summed E-state index contributed by atoms with van der Waals surface area (Å²) in [6.07, 6.45) is 0.0550. The number of hydrogen-bond acceptors (Lipinski definition) is 9. The van der Waals surface area contributed by atoms with Crippen molar-refractivity contribution in [1.29, 1.82) is 5.26 Å². The molecule has 44 heavy (non-hydrogen) atoms. The van der Waals surface area contributed by atoms with Crippen LogP contribution in [0.5, 0.6) is 11.5 Å². The Hall–Kier alpha value is -4.27. The molecule has 0 radical (unpaired) electrons. The van der Waals surface area contributed by atoms with Crippen molar-refractivity contribution in [3.05, 3.63) is 95.6 Å². The minimum Gasteiger partial charge on any atom is -0.454 e. The molecule has 4 atom stereocenters. The number of carbonyl (C=O) groups excluding carboxylic acids is 4. The van der Waals surface area contributed by atoms with Crippen LogP contribution in [-0.4, -0.2) is 55.4 Å². The average molecular weight is 628 g/mol. The molecular formula is C33H29N3O6S2. The van der Waals surface area contributed by atoms with Crippen molar-refractivity contribution in [3.8, 4) is 17.6 Å². The molecule has 6 rings (SSSR count). The number of piperazine rings is 1. The Morgan fingerprint density at radius 1 is 0.886 bits per heavy atom. The van der Waals surface area contributed by atoms with E-state index in [9.17, 15) is 24.4 Å². The number of benzene rings is 3. The minimum absolute atomic E-state index is 0.0414. The fraction of sp³-hybridized carbons (Fsp3) is 0.303. The van der Waals surface area contributed by atoms with Gasteiger partial charge in [0.2, 0.25) is 6.79 Å². The van der Waals surface area contributed by atoms with Crippen LogP contribution in [0, 0.1) is 17.2 Å². The first-order valence-electron chi connectivity index (χ1n) is 14.1. The minimum atomic E-state index is -1.68. The van der Waals surface area contributed by atoms with Gasteiger partial charge in [-0.25, -0.2) is 0 Å². The molecule has 2 amide bonds. The summed E-state index contributed by atoms with van der Waals surface area (Å²) in [6.45, 7) is 1.60. The summed E-state index contributed by atoms with van der Waals surface area (Å²) in [5.74, 6) is -0.846. The van der Waals surface area contributed by atoms with E-state index in [0.29, 0.717) is 17.1 Å². The number of amides is 2. The van der Waals surface area contributed by atoms with Gasteiger partial charge in [0.25, 0.3) is 11.8 Å². The summed E-state index contributed by atoms with van der Waals surface area (Å²) in [4.78, 5) is 55.6. The topological polar surface area (TPSA) is 117 Å². The SMILES string of the molecule is CN1C(=O)[C@@]2(SC(=O)Cc3ccccc3)CC(C#N)[C@H](c3ccc4c(c3)OCO4)N2C(=O)[C@]1(C)SC(=O)Cc1ccccc1. The normalized spacial score (nSPS) is 25.5. The van der Waals surface area contributed by atoms with Gasteiger partial charge in [-0.2, -0.15) is 5.26 Å². The van der Waals surface area contributed by atoms with Crippen LogP contribution >= 0.6 is 23.5 Å². The van der Waals surface area contributed by atoms with Crippen molar-refractivity contribution in [1.82, 2.24) is 9.80 Å². The third-order valence-electron chi connectivity index (χ3n) is 8.32. The van der Waals surface area contributed by atoms with Crippen LogP contribution in [0.15, 0.2) is 78.9 Å². The van der Waals surface area contributed by atoms with Gasteiger partial charge in [-0.1, -0.05) is 66.7 Å². The van der Waals surface area contributed by atoms with Crippen molar-refractivity contribution in [3.63, 3.8) is 0 Å². The first kappa shape index (κ1) is 29.8. The van der Waals surface area contributed by atoms with Crippen LogP contribution in [0.25, 0.3) is 0 Å². The zero-order valence-electron chi connectivity index (χ0n) is 24.1. The number of likely N-dealkylation sites (N-methyl/N-ethyl adjacent to an activating group) is 1. The highest BCUT2D eigenvalue weighted by Gasteiger charge is 2.69. The van der Waals surface area contributed by atoms with E-state index in [0.717, 1.165) is 34.7 Å². The molecule has 0 aliphatic carbocycles. The lowest BCUT2D eigenvalue weighted by molar-refractivity contribution is -0.163. The van der Waals surface area contributed by atoms with Gasteiger partial charge in [-0.3, -0.25) is 19.2 Å². The van der Waals surface area contributed by atoms with Crippen molar-refractivity contribution in [2.75, 3.05) is 13.8 Å². The molecule has 3 aromatic rings. The number of carbonyl (C=O) groups is 4. The smallest absolute Gasteiger partial charge is 0.261 e. The monoisotopic (exact) mass is 627 g/mol. The zero-order valence-corrected chi connectivity index (χ0v) is 25.7. The van der Waals surface area contributed by atoms with E-state index in [1.54, 1.807) is 25.1 Å². The largest absolute Gasteiger partial charge is 0.454 e. The Bertz CT molecular complexity index is 1680. The van der Waals surface area contributed by atoms with Gasteiger partial charge in [-0.05, 0) is 59.3 Å². The van der Waals surface area contributed by atoms with E-state index < -0.39 is 33.5 Å². The fourth-order valence-electron chi connectivity index (χ4n) is 6.06. The van der Waals surface area contributed by atoms with Crippen molar-refractivity contribution >= 4 is 45.6 Å². The molecule has 1 unspecified atom stereocenters. The maximum Gasteiger partial charge on any atom is 0.261 e. The summed E-state index contributed by atoms with van der Waals surface area (Å²) in [7, 11) is 1.49. The molecule has 3 aromatic carbocycles. The first-order valence-corrected chi connectivity index (χ1v) is 15.7. The lowest BCUT2D eigenvalue weighted by Crippen LogP contribution is -2.71. The summed E-state index contributed by atoms with van der Waals surface area (Å²) in [6, 6.07) is 24.9. The second kappa shape index (κ2) is 11.7. The number of nitrogens with zero attached hydrogens (tertiary/aromatic N) is 3. The highest BCUT2D eigenvalue weighted by Crippen LogP contribution is 2.58. The standard InChI is InChI=1S/C33H29N3O6S2/c1-32(43-27(37)15-21-9-5-3-6-10-21)30(39)36-29(23-13-14-25-26(17-23)42-20-41-25)24(19-34)18-33(36,31(40)35(32)2)44-28(38)16-22-11-7-4-8-12-22/h3-14,17,24,29H,15-16,18,20H2,1-2H3/t24?,29-,32-,33-/m0/s1. The molecule has 224 valence electrons. The molecule has 0 aromatic heterocycles. The lowest BCUT2D eigenvalue weighted by atomic mass is 9.94. The first-order chi connectivity index (χ1) is 21.2. The lowest BCUT2D eigenvalue weighted by Gasteiger charge is -2.52. The zero-order chi connectivity index (χ0) is 31.1. The second-order valence-corrected chi connectivity index (χ2v) is 13.9. The predicted molar refractivity (Wildman–Crippen MR) is 165 cm³/mol. The van der Waals surface area contributed by atoms with Gasteiger partial charge < -0.3 is 19.3 Å². The summed E-state index contributed by atoms with van der Waals surface area (Å²) >= 11 is 1.57. The molecule has 2 saturated heterocycles. The van der Waals surface area contributed by atoms with E-state index >= 15 is 0 Å². The Morgan fingerprint density at radius 3 is 2.09 bits per heavy atom. The highest BCUT2D eigenvalue weighted by atomic mass is 32.2. The third kappa shape index (κ3) is 5.12. The number of fused-ring (bicyclic) bond motifs is 2. The number of rotatable bonds is 7. The van der Waals surface area contributed by atoms with Gasteiger partial charge in [-0.15, -0.1) is 0 Å². The van der Waals surface area contributed by atoms with Crippen LogP contribution in [0.4, 0.5) is 0 Å². The van der Waals surface area contributed by atoms with Crippen molar-refractivity contribution < 1.29 is 28.7 Å². The quantitative estimate of drug-likeness (QED) is 0.367. The highest BCUT2D eigenvalue weighted by molar-refractivity contribution is 8.16. The van der Waals surface area contributed by atoms with Crippen LogP contribution in [0.3, 0.4) is 0 Å². The summed E-state index contributed by atoms with van der Waals surface area (Å²) < 4.78 is 11.0. The van der Waals surface area contributed by atoms with Crippen LogP contribution in [0.1, 0.15) is 36.1 Å². The molecule has 3 aliphatic heterocycles. The molecular weight excluding hydrogens is 599 g/mol. The molecule has 11 heteroatoms. The second-order valence-electron chi connectivity index (χ2n) is 11.1. The Morgan fingerprint density at radius 2 is 1.48 bits per heavy atom. The molecule has 0 bridgehead atoms. The predicted octanol–water partition coefficient (Wildman–Crippen LogP) is 4.72. The molecule has 0 saturated carbocycles. The Balaban J connectivity index is 1.41. The average Bonchev–Trinajstić information content (AvgIpc) is 3.62. The van der Waals surface area contributed by atoms with E-state index in [-0.39, 0.29) is 36.3 Å². The number of nitriles is 1. The number of thioether (sulfide) groups is 2. The van der Waals surface area contributed by atoms with E-state index in [1.807, 2.05) is 60.7 Å². The molecule has 0 N–H and O–H groups in total. The van der Waals surface area contributed by atoms with E-state index in [2.05, 4.69) is 6.07 Å². The van der Waals surface area contributed by atoms with Gasteiger partial charge in [0.15, 0.2) is 31.5 Å². The van der Waals surface area contributed by atoms with Gasteiger partial charge in [0.1, 0.15) is 0 Å².